The molecule has 2 rings (SSSR count). The zero-order valence-electron chi connectivity index (χ0n) is 18.7. The molecule has 0 fully saturated rings. The van der Waals surface area contributed by atoms with E-state index in [1.807, 2.05) is 0 Å². The van der Waals surface area contributed by atoms with Gasteiger partial charge in [0.2, 0.25) is 19.5 Å². The smallest absolute Gasteiger partial charge is 0.477 e. The highest BCUT2D eigenvalue weighted by Crippen LogP contribution is 2.62. The largest absolute Gasteiger partial charge is 0.510 e. The molecule has 14 heteroatoms. The fourth-order valence-corrected chi connectivity index (χ4v) is 4.56. The summed E-state index contributed by atoms with van der Waals surface area (Å²) in [6.07, 6.45) is -3.29. The molecule has 0 spiro atoms. The summed E-state index contributed by atoms with van der Waals surface area (Å²) >= 11 is 0.981. The Morgan fingerprint density at radius 1 is 0.971 bits per heavy atom. The Bertz CT molecular complexity index is 1040. The van der Waals surface area contributed by atoms with Crippen molar-refractivity contribution in [2.45, 2.75) is 45.8 Å². The van der Waals surface area contributed by atoms with Gasteiger partial charge in [-0.3, -0.25) is 13.6 Å². The number of aromatic carboxylic acids is 1. The summed E-state index contributed by atoms with van der Waals surface area (Å²) in [6.45, 7) is 4.30. The number of halogens is 1. The van der Waals surface area contributed by atoms with Crippen molar-refractivity contribution in [1.29, 1.82) is 0 Å². The third kappa shape index (κ3) is 7.94. The van der Waals surface area contributed by atoms with Crippen LogP contribution in [0, 0.1) is 0 Å². The Labute approximate surface area is 198 Å². The maximum Gasteiger partial charge on any atom is 0.510 e. The van der Waals surface area contributed by atoms with Crippen molar-refractivity contribution in [3.8, 4) is 0 Å². The van der Waals surface area contributed by atoms with Gasteiger partial charge in [0.25, 0.3) is 0 Å². The minimum atomic E-state index is -4.75. The summed E-state index contributed by atoms with van der Waals surface area (Å²) < 4.78 is 57.7. The van der Waals surface area contributed by atoms with Crippen molar-refractivity contribution in [1.82, 2.24) is 0 Å². The van der Waals surface area contributed by atoms with Gasteiger partial charge in [-0.15, -0.1) is 11.3 Å². The number of carbonyl (C=O) groups is 3. The molecule has 1 heterocycles. The van der Waals surface area contributed by atoms with Gasteiger partial charge in [0.05, 0.1) is 12.2 Å². The normalized spacial score (nSPS) is 12.6. The van der Waals surface area contributed by atoms with E-state index in [1.54, 1.807) is 27.7 Å². The molecule has 0 amide bonds. The lowest BCUT2D eigenvalue weighted by atomic mass is 10.2. The summed E-state index contributed by atoms with van der Waals surface area (Å²) in [5.41, 5.74) is -0.167. The van der Waals surface area contributed by atoms with E-state index in [0.717, 1.165) is 11.3 Å². The summed E-state index contributed by atoms with van der Waals surface area (Å²) in [7, 11) is -4.75. The molecule has 1 aromatic carbocycles. The zero-order chi connectivity index (χ0) is 25.5. The number of hydrogen-bond acceptors (Lipinski definition) is 11. The van der Waals surface area contributed by atoms with Gasteiger partial charge in [-0.25, -0.2) is 18.8 Å². The van der Waals surface area contributed by atoms with E-state index in [1.165, 1.54) is 24.3 Å². The van der Waals surface area contributed by atoms with Crippen LogP contribution in [0.2, 0.25) is 0 Å². The molecule has 0 bridgehead atoms. The number of ether oxygens (including phenoxy) is 4. The summed E-state index contributed by atoms with van der Waals surface area (Å²) in [5, 5.41) is 9.53. The van der Waals surface area contributed by atoms with Crippen molar-refractivity contribution in [3.63, 3.8) is 0 Å². The second-order valence-corrected chi connectivity index (χ2v) is 10.3. The predicted octanol–water partition coefficient (Wildman–Crippen LogP) is 5.83. The van der Waals surface area contributed by atoms with E-state index in [2.05, 4.69) is 9.47 Å². The van der Waals surface area contributed by atoms with Crippen LogP contribution in [0.3, 0.4) is 0 Å². The Balaban J connectivity index is 2.19. The minimum absolute atomic E-state index is 0.0346. The predicted molar refractivity (Wildman–Crippen MR) is 118 cm³/mol. The Morgan fingerprint density at radius 3 is 1.97 bits per heavy atom. The van der Waals surface area contributed by atoms with Crippen LogP contribution >= 0.6 is 18.9 Å². The highest BCUT2D eigenvalue weighted by Gasteiger charge is 2.39. The van der Waals surface area contributed by atoms with Gasteiger partial charge in [-0.1, -0.05) is 6.07 Å². The molecule has 0 aliphatic heterocycles. The molecule has 188 valence electrons. The van der Waals surface area contributed by atoms with Crippen molar-refractivity contribution in [2.75, 3.05) is 13.6 Å². The van der Waals surface area contributed by atoms with Gasteiger partial charge in [-0.05, 0) is 56.8 Å². The highest BCUT2D eigenvalue weighted by molar-refractivity contribution is 7.54. The quantitative estimate of drug-likeness (QED) is 0.216. The average molecular weight is 522 g/mol. The van der Waals surface area contributed by atoms with Crippen molar-refractivity contribution >= 4 is 47.3 Å². The van der Waals surface area contributed by atoms with Gasteiger partial charge < -0.3 is 24.1 Å². The van der Waals surface area contributed by atoms with Gasteiger partial charge in [-0.2, -0.15) is 0 Å². The summed E-state index contributed by atoms with van der Waals surface area (Å²) in [4.78, 5) is 34.2. The summed E-state index contributed by atoms with van der Waals surface area (Å²) in [6, 6.07) is 5.34. The molecule has 0 radical (unpaired) electrons. The van der Waals surface area contributed by atoms with E-state index in [9.17, 15) is 18.9 Å². The van der Waals surface area contributed by atoms with Crippen LogP contribution in [-0.4, -0.2) is 49.2 Å². The van der Waals surface area contributed by atoms with Crippen LogP contribution < -0.4 is 0 Å². The monoisotopic (exact) mass is 522 g/mol. The van der Waals surface area contributed by atoms with Crippen LogP contribution in [-0.2, 0) is 32.6 Å². The fraction of sp³-hybridized carbons (Fsp3) is 0.450. The molecule has 2 aromatic rings. The van der Waals surface area contributed by atoms with Crippen LogP contribution in [0.25, 0.3) is 10.1 Å². The second kappa shape index (κ2) is 12.1. The van der Waals surface area contributed by atoms with E-state index in [4.69, 9.17) is 23.6 Å². The van der Waals surface area contributed by atoms with Crippen LogP contribution in [0.5, 0.6) is 0 Å². The Morgan fingerprint density at radius 2 is 1.50 bits per heavy atom. The number of rotatable bonds is 11. The molecule has 1 atom stereocenters. The molecule has 1 N–H and O–H groups in total. The second-order valence-electron chi connectivity index (χ2n) is 7.20. The molecule has 0 unspecified atom stereocenters. The lowest BCUT2D eigenvalue weighted by molar-refractivity contribution is -0.0337. The van der Waals surface area contributed by atoms with Crippen LogP contribution in [0.1, 0.15) is 48.8 Å². The molecular formula is C20H24FO11PS. The van der Waals surface area contributed by atoms with Crippen LogP contribution in [0.15, 0.2) is 24.3 Å². The number of alkyl halides is 1. The van der Waals surface area contributed by atoms with Crippen molar-refractivity contribution in [3.05, 3.63) is 34.7 Å². The number of carboxylic acids is 1. The minimum Gasteiger partial charge on any atom is -0.477 e. The molecule has 1 aromatic heterocycles. The zero-order valence-corrected chi connectivity index (χ0v) is 20.4. The first-order valence-corrected chi connectivity index (χ1v) is 12.3. The lowest BCUT2D eigenvalue weighted by Crippen LogP contribution is -2.17. The third-order valence-electron chi connectivity index (χ3n) is 3.79. The van der Waals surface area contributed by atoms with Crippen molar-refractivity contribution in [2.24, 2.45) is 0 Å². The van der Waals surface area contributed by atoms with Crippen LogP contribution in [0.4, 0.5) is 14.0 Å². The van der Waals surface area contributed by atoms with E-state index in [-0.39, 0.29) is 10.4 Å². The van der Waals surface area contributed by atoms with Gasteiger partial charge in [0, 0.05) is 4.70 Å². The standard InChI is InChI=1S/C20H24FO11PS/c1-11(2)31-19(24)27-9-29-33(26,30-10-28-20(25)32-12(3)4)17(21)13-5-6-15-14(7-13)8-16(34-15)18(22)23/h5-8,11-12,17H,9-10H2,1-4H3,(H,22,23)/t17-/m1/s1. The van der Waals surface area contributed by atoms with E-state index < -0.39 is 57.6 Å². The number of hydrogen-bond donors (Lipinski definition) is 1. The molecular weight excluding hydrogens is 498 g/mol. The maximum absolute atomic E-state index is 15.4. The first-order valence-electron chi connectivity index (χ1n) is 9.87. The molecule has 0 saturated heterocycles. The average Bonchev–Trinajstić information content (AvgIpc) is 3.16. The molecule has 0 aliphatic rings. The maximum atomic E-state index is 15.4. The molecule has 0 aliphatic carbocycles. The molecule has 0 saturated carbocycles. The molecule has 11 nitrogen and oxygen atoms in total. The Hall–Kier alpha value is -2.73. The number of fused-ring (bicyclic) bond motifs is 1. The Kier molecular flexibility index (Phi) is 9.80. The van der Waals surface area contributed by atoms with Gasteiger partial charge in [0.15, 0.2) is 0 Å². The topological polar surface area (TPSA) is 144 Å². The number of carbonyl (C=O) groups excluding carboxylic acids is 2. The first-order chi connectivity index (χ1) is 15.9. The van der Waals surface area contributed by atoms with E-state index in [0.29, 0.717) is 10.1 Å². The van der Waals surface area contributed by atoms with Gasteiger partial charge >= 0.3 is 25.9 Å². The number of thiophene rings is 1. The summed E-state index contributed by atoms with van der Waals surface area (Å²) in [5.74, 6) is -3.55. The first kappa shape index (κ1) is 27.5. The SMILES string of the molecule is CC(C)OC(=O)OCOP(=O)(OCOC(=O)OC(C)C)[C@@H](F)c1ccc2sc(C(=O)O)cc2c1. The third-order valence-corrected chi connectivity index (χ3v) is 6.67. The number of benzene rings is 1. The van der Waals surface area contributed by atoms with Gasteiger partial charge in [0.1, 0.15) is 4.88 Å². The highest BCUT2D eigenvalue weighted by atomic mass is 32.1. The fourth-order valence-electron chi connectivity index (χ4n) is 2.41. The molecule has 34 heavy (non-hydrogen) atoms. The van der Waals surface area contributed by atoms with Crippen molar-refractivity contribution < 1.29 is 56.4 Å². The van der Waals surface area contributed by atoms with E-state index >= 15 is 4.39 Å². The lowest BCUT2D eigenvalue weighted by Gasteiger charge is -2.22. The number of carboxylic acid groups (broad SMARTS) is 1.